The number of benzene rings is 2. The number of nitrogens with one attached hydrogen (secondary N) is 1. The van der Waals surface area contributed by atoms with E-state index in [1.54, 1.807) is 0 Å². The average molecular weight is 489 g/mol. The maximum Gasteiger partial charge on any atom is 1.00 e. The summed E-state index contributed by atoms with van der Waals surface area (Å²) in [5.41, 5.74) is 3.26. The first kappa shape index (κ1) is 30.3. The van der Waals surface area contributed by atoms with Crippen molar-refractivity contribution in [3.63, 3.8) is 0 Å². The molecule has 0 saturated carbocycles. The maximum absolute atomic E-state index is 11.3. The molecule has 0 aliphatic heterocycles. The molecule has 0 atom stereocenters. The van der Waals surface area contributed by atoms with E-state index in [1.807, 2.05) is 0 Å². The van der Waals surface area contributed by atoms with Gasteiger partial charge in [0, 0.05) is 12.1 Å². The van der Waals surface area contributed by atoms with Crippen LogP contribution >= 0.6 is 0 Å². The molecule has 158 valence electrons. The molecule has 0 spiro atoms. The Morgan fingerprint density at radius 2 is 1.26 bits per heavy atom. The van der Waals surface area contributed by atoms with Gasteiger partial charge in [0.1, 0.15) is 43.1 Å². The molecule has 31 heavy (non-hydrogen) atoms. The van der Waals surface area contributed by atoms with Crippen LogP contribution < -0.4 is 74.0 Å². The zero-order valence-corrected chi connectivity index (χ0v) is 23.4. The van der Waals surface area contributed by atoms with Gasteiger partial charge in [0.05, 0.1) is 24.0 Å². The van der Waals surface area contributed by atoms with Crippen LogP contribution in [0.4, 0.5) is 11.4 Å². The first-order chi connectivity index (χ1) is 13.4. The number of anilines is 1. The minimum atomic E-state index is -4.69. The third kappa shape index (κ3) is 7.67. The normalized spacial score (nSPS) is 11.4. The van der Waals surface area contributed by atoms with Gasteiger partial charge in [0.2, 0.25) is 0 Å². The second-order valence-electron chi connectivity index (χ2n) is 5.83. The molecule has 0 aliphatic carbocycles. The Hall–Kier alpha value is -0.740. The average Bonchev–Trinajstić information content (AvgIpc) is 2.60. The molecule has 2 aromatic carbocycles. The third-order valence-corrected chi connectivity index (χ3v) is 5.80. The summed E-state index contributed by atoms with van der Waals surface area (Å²) in [6.07, 6.45) is 0. The molecule has 2 rings (SSSR count). The largest absolute Gasteiger partial charge is 1.00 e. The Morgan fingerprint density at radius 3 is 1.71 bits per heavy atom. The molecule has 0 amide bonds. The van der Waals surface area contributed by atoms with Gasteiger partial charge >= 0.3 is 59.1 Å². The van der Waals surface area contributed by atoms with Gasteiger partial charge in [-0.3, -0.25) is 5.43 Å². The first-order valence-corrected chi connectivity index (χ1v) is 10.7. The van der Waals surface area contributed by atoms with E-state index >= 15 is 0 Å². The van der Waals surface area contributed by atoms with E-state index in [2.05, 4.69) is 15.8 Å². The standard InChI is InChI=1S/C16H19N3O8S2.2Na/c1-9-5-11(13(26-3)7-15(9)28(20,21)22)17-19-18-12-6-10(2)16(29(23,24)25)8-14(12)27-4;;/h5-8H,1-4H3,(H,17,18)(H,20,21,22)(H,23,24,25);;/q;2*+1/p-2. The van der Waals surface area contributed by atoms with E-state index in [0.717, 1.165) is 12.1 Å². The van der Waals surface area contributed by atoms with Crippen molar-refractivity contribution in [2.24, 2.45) is 10.3 Å². The second-order valence-corrected chi connectivity index (χ2v) is 8.52. The zero-order valence-electron chi connectivity index (χ0n) is 17.8. The summed E-state index contributed by atoms with van der Waals surface area (Å²) < 4.78 is 77.8. The molecule has 0 radical (unpaired) electrons. The first-order valence-electron chi connectivity index (χ1n) is 7.84. The fourth-order valence-electron chi connectivity index (χ4n) is 2.49. The van der Waals surface area contributed by atoms with Gasteiger partial charge in [-0.05, 0) is 37.1 Å². The van der Waals surface area contributed by atoms with E-state index < -0.39 is 30.0 Å². The monoisotopic (exact) mass is 489 g/mol. The van der Waals surface area contributed by atoms with Crippen LogP contribution in [0.15, 0.2) is 44.4 Å². The Bertz CT molecular complexity index is 1190. The number of rotatable bonds is 7. The number of aryl methyl sites for hydroxylation is 2. The molecule has 0 bridgehead atoms. The van der Waals surface area contributed by atoms with Crippen LogP contribution in [0.1, 0.15) is 11.1 Å². The summed E-state index contributed by atoms with van der Waals surface area (Å²) in [5, 5.41) is 7.64. The number of hydrogen-bond donors (Lipinski definition) is 1. The van der Waals surface area contributed by atoms with Gasteiger partial charge < -0.3 is 18.6 Å². The minimum Gasteiger partial charge on any atom is -0.744 e. The topological polar surface area (TPSA) is 170 Å². The van der Waals surface area contributed by atoms with Gasteiger partial charge in [0.25, 0.3) is 0 Å². The van der Waals surface area contributed by atoms with Crippen molar-refractivity contribution in [1.82, 2.24) is 0 Å². The van der Waals surface area contributed by atoms with Crippen LogP contribution in [0.3, 0.4) is 0 Å². The molecule has 0 aromatic heterocycles. The molecule has 2 aromatic rings. The Balaban J connectivity index is 0.00000450. The fourth-order valence-corrected chi connectivity index (χ4v) is 3.90. The molecule has 0 saturated heterocycles. The van der Waals surface area contributed by atoms with Gasteiger partial charge in [-0.2, -0.15) is 0 Å². The third-order valence-electron chi connectivity index (χ3n) is 3.84. The number of hydrogen-bond acceptors (Lipinski definition) is 10. The zero-order chi connectivity index (χ0) is 22.0. The summed E-state index contributed by atoms with van der Waals surface area (Å²) in [6, 6.07) is 4.77. The summed E-state index contributed by atoms with van der Waals surface area (Å²) in [6.45, 7) is 2.85. The van der Waals surface area contributed by atoms with E-state index in [9.17, 15) is 25.9 Å². The molecule has 0 unspecified atom stereocenters. The van der Waals surface area contributed by atoms with E-state index in [-0.39, 0.29) is 93.1 Å². The predicted octanol–water partition coefficient (Wildman–Crippen LogP) is -3.75. The molecule has 0 aliphatic rings. The van der Waals surface area contributed by atoms with Crippen molar-refractivity contribution in [1.29, 1.82) is 0 Å². The summed E-state index contributed by atoms with van der Waals surface area (Å²) in [7, 11) is -6.81. The molecule has 0 heterocycles. The van der Waals surface area contributed by atoms with Crippen molar-refractivity contribution in [2.75, 3.05) is 19.6 Å². The quantitative estimate of drug-likeness (QED) is 0.178. The molecule has 11 nitrogen and oxygen atoms in total. The maximum atomic E-state index is 11.3. The van der Waals surface area contributed by atoms with Crippen LogP contribution in [-0.2, 0) is 20.2 Å². The van der Waals surface area contributed by atoms with E-state index in [1.165, 1.54) is 40.2 Å². The predicted molar refractivity (Wildman–Crippen MR) is 99.5 cm³/mol. The smallest absolute Gasteiger partial charge is 0.744 e. The van der Waals surface area contributed by atoms with Crippen LogP contribution in [0.2, 0.25) is 0 Å². The van der Waals surface area contributed by atoms with Crippen molar-refractivity contribution in [2.45, 2.75) is 23.6 Å². The summed E-state index contributed by atoms with van der Waals surface area (Å²) in [5.74, 6) is 0.0476. The molecular formula is C16H17N3Na2O8S2. The molecule has 15 heteroatoms. The van der Waals surface area contributed by atoms with Gasteiger partial charge in [0.15, 0.2) is 0 Å². The minimum absolute atomic E-state index is 0. The number of methoxy groups -OCH3 is 2. The fraction of sp³-hybridized carbons (Fsp3) is 0.250. The Kier molecular flexibility index (Phi) is 11.6. The van der Waals surface area contributed by atoms with Crippen molar-refractivity contribution < 1.29 is 94.5 Å². The Morgan fingerprint density at radius 1 is 0.806 bits per heavy atom. The van der Waals surface area contributed by atoms with E-state index in [0.29, 0.717) is 0 Å². The van der Waals surface area contributed by atoms with Crippen LogP contribution in [-0.4, -0.2) is 40.2 Å². The SMILES string of the molecule is COc1cc(S(=O)(=O)[O-])c(C)cc1N=NNc1cc(C)c(S(=O)(=O)[O-])cc1OC.[Na+].[Na+]. The molecule has 1 N–H and O–H groups in total. The van der Waals surface area contributed by atoms with Gasteiger partial charge in [-0.25, -0.2) is 16.8 Å². The molecular weight excluding hydrogens is 472 g/mol. The number of ether oxygens (including phenoxy) is 2. The summed E-state index contributed by atoms with van der Waals surface area (Å²) >= 11 is 0. The van der Waals surface area contributed by atoms with Gasteiger partial charge in [-0.1, -0.05) is 5.22 Å². The van der Waals surface area contributed by atoms with Crippen molar-refractivity contribution >= 4 is 31.6 Å². The Labute approximate surface area is 224 Å². The van der Waals surface area contributed by atoms with Gasteiger partial charge in [-0.15, -0.1) is 5.11 Å². The van der Waals surface area contributed by atoms with Crippen LogP contribution in [0, 0.1) is 13.8 Å². The summed E-state index contributed by atoms with van der Waals surface area (Å²) in [4.78, 5) is -0.864. The van der Waals surface area contributed by atoms with Crippen LogP contribution in [0.5, 0.6) is 11.5 Å². The van der Waals surface area contributed by atoms with Crippen LogP contribution in [0.25, 0.3) is 0 Å². The van der Waals surface area contributed by atoms with Crippen molar-refractivity contribution in [3.8, 4) is 11.5 Å². The van der Waals surface area contributed by atoms with Crippen molar-refractivity contribution in [3.05, 3.63) is 35.4 Å². The van der Waals surface area contributed by atoms with E-state index in [4.69, 9.17) is 9.47 Å². The number of nitrogens with zero attached hydrogens (tertiary/aromatic N) is 2. The second kappa shape index (κ2) is 11.9. The molecule has 0 fully saturated rings.